The molecule has 0 aliphatic carbocycles. The van der Waals surface area contributed by atoms with E-state index < -0.39 is 0 Å². The van der Waals surface area contributed by atoms with Crippen LogP contribution >= 0.6 is 0 Å². The van der Waals surface area contributed by atoms with Crippen LogP contribution < -0.4 is 0 Å². The number of fused-ring (bicyclic) bond motifs is 10. The van der Waals surface area contributed by atoms with Crippen molar-refractivity contribution in [2.75, 3.05) is 0 Å². The van der Waals surface area contributed by atoms with Crippen LogP contribution in [-0.2, 0) is 0 Å². The van der Waals surface area contributed by atoms with Crippen LogP contribution in [0.2, 0.25) is 0 Å². The monoisotopic (exact) mass is 662 g/mol. The maximum atomic E-state index is 5.37. The van der Waals surface area contributed by atoms with Gasteiger partial charge in [0.25, 0.3) is 0 Å². The average Bonchev–Trinajstić information content (AvgIpc) is 3.74. The summed E-state index contributed by atoms with van der Waals surface area (Å²) in [4.78, 5) is 10.6. The van der Waals surface area contributed by atoms with Crippen molar-refractivity contribution in [2.24, 2.45) is 0 Å². The van der Waals surface area contributed by atoms with Gasteiger partial charge in [-0.15, -0.1) is 0 Å². The summed E-state index contributed by atoms with van der Waals surface area (Å²) in [5.74, 6) is 0.660. The Labute approximate surface area is 299 Å². The smallest absolute Gasteiger partial charge is 0.235 e. The van der Waals surface area contributed by atoms with Crippen molar-refractivity contribution in [1.82, 2.24) is 19.1 Å². The van der Waals surface area contributed by atoms with Crippen molar-refractivity contribution in [3.05, 3.63) is 182 Å². The van der Waals surface area contributed by atoms with Crippen molar-refractivity contribution in [1.29, 1.82) is 0 Å². The number of para-hydroxylation sites is 2. The summed E-state index contributed by atoms with van der Waals surface area (Å²) in [5, 5.41) is 8.31. The zero-order valence-electron chi connectivity index (χ0n) is 28.1. The highest BCUT2D eigenvalue weighted by molar-refractivity contribution is 6.33. The Morgan fingerprint density at radius 3 is 1.67 bits per heavy atom. The van der Waals surface area contributed by atoms with Gasteiger partial charge in [0.2, 0.25) is 5.95 Å². The molecule has 4 heteroatoms. The second-order valence-electron chi connectivity index (χ2n) is 13.4. The summed E-state index contributed by atoms with van der Waals surface area (Å²) < 4.78 is 4.68. The van der Waals surface area contributed by atoms with E-state index >= 15 is 0 Å². The normalized spacial score (nSPS) is 11.8. The molecule has 3 heterocycles. The van der Waals surface area contributed by atoms with Gasteiger partial charge in [0.15, 0.2) is 0 Å². The molecule has 4 nitrogen and oxygen atoms in total. The van der Waals surface area contributed by atoms with Crippen LogP contribution in [0.3, 0.4) is 0 Å². The van der Waals surface area contributed by atoms with Crippen molar-refractivity contribution < 1.29 is 0 Å². The minimum Gasteiger partial charge on any atom is -0.309 e. The van der Waals surface area contributed by atoms with Gasteiger partial charge in [-0.3, -0.25) is 4.57 Å². The van der Waals surface area contributed by atoms with Gasteiger partial charge in [-0.05, 0) is 64.4 Å². The highest BCUT2D eigenvalue weighted by Gasteiger charge is 2.23. The molecule has 0 unspecified atom stereocenters. The van der Waals surface area contributed by atoms with E-state index in [2.05, 4.69) is 185 Å². The summed E-state index contributed by atoms with van der Waals surface area (Å²) in [6.45, 7) is 0. The van der Waals surface area contributed by atoms with Gasteiger partial charge < -0.3 is 4.57 Å². The zero-order chi connectivity index (χ0) is 34.2. The van der Waals surface area contributed by atoms with Crippen LogP contribution in [-0.4, -0.2) is 19.1 Å². The second kappa shape index (κ2) is 11.2. The number of nitrogens with zero attached hydrogens (tertiary/aromatic N) is 4. The fourth-order valence-electron chi connectivity index (χ4n) is 8.24. The molecule has 0 radical (unpaired) electrons. The lowest BCUT2D eigenvalue weighted by molar-refractivity contribution is 1.01. The van der Waals surface area contributed by atoms with E-state index in [4.69, 9.17) is 9.97 Å². The van der Waals surface area contributed by atoms with E-state index in [1.54, 1.807) is 0 Å². The summed E-state index contributed by atoms with van der Waals surface area (Å²) in [6.07, 6.45) is 0. The van der Waals surface area contributed by atoms with E-state index in [9.17, 15) is 0 Å². The van der Waals surface area contributed by atoms with Crippen LogP contribution in [0.5, 0.6) is 0 Å². The number of benzene rings is 8. The molecular weight excluding hydrogens is 633 g/mol. The van der Waals surface area contributed by atoms with Gasteiger partial charge >= 0.3 is 0 Å². The SMILES string of the molecule is c1ccc(-c2ccc(-n3c4ccccc4c4c5c6c7ccccc7ccc6n(-c6nc(-c7ccccc7)c7ccccc7n6)c5ccc43)cc2)cc1. The molecule has 0 aliphatic heterocycles. The number of aromatic nitrogens is 4. The molecule has 8 aromatic carbocycles. The molecule has 0 saturated heterocycles. The Morgan fingerprint density at radius 1 is 0.327 bits per heavy atom. The Morgan fingerprint density at radius 2 is 0.885 bits per heavy atom. The van der Waals surface area contributed by atoms with Crippen molar-refractivity contribution in [3.8, 4) is 34.0 Å². The molecule has 0 saturated carbocycles. The summed E-state index contributed by atoms with van der Waals surface area (Å²) in [7, 11) is 0. The largest absolute Gasteiger partial charge is 0.309 e. The molecule has 3 aromatic heterocycles. The number of hydrogen-bond donors (Lipinski definition) is 0. The molecule has 242 valence electrons. The molecular formula is C48H30N4. The Bertz CT molecular complexity index is 3160. The Kier molecular flexibility index (Phi) is 6.22. The minimum atomic E-state index is 0.660. The summed E-state index contributed by atoms with van der Waals surface area (Å²) in [6, 6.07) is 64.8. The highest BCUT2D eigenvalue weighted by Crippen LogP contribution is 2.44. The predicted molar refractivity (Wildman–Crippen MR) is 217 cm³/mol. The molecule has 11 aromatic rings. The fourth-order valence-corrected chi connectivity index (χ4v) is 8.24. The van der Waals surface area contributed by atoms with E-state index in [0.717, 1.165) is 44.4 Å². The van der Waals surface area contributed by atoms with Gasteiger partial charge in [0, 0.05) is 38.2 Å². The lowest BCUT2D eigenvalue weighted by Gasteiger charge is -2.12. The third-order valence-corrected chi connectivity index (χ3v) is 10.5. The Hall–Kier alpha value is -7.04. The molecule has 0 spiro atoms. The fraction of sp³-hybridized carbons (Fsp3) is 0. The standard InChI is InChI=1S/C48H30N4/c1-3-13-31(14-4-1)32-23-26-35(27-24-32)51-40-22-12-10-20-38(40)45-41(51)29-30-43-46(45)44-36-18-8-7-15-33(36)25-28-42(44)52(43)48-49-39-21-11-9-19-37(39)47(50-48)34-16-5-2-6-17-34/h1-30H. The van der Waals surface area contributed by atoms with Gasteiger partial charge in [-0.2, -0.15) is 0 Å². The maximum Gasteiger partial charge on any atom is 0.235 e. The first-order valence-electron chi connectivity index (χ1n) is 17.7. The number of hydrogen-bond acceptors (Lipinski definition) is 2. The molecule has 0 bridgehead atoms. The summed E-state index contributed by atoms with van der Waals surface area (Å²) in [5.41, 5.74) is 10.9. The second-order valence-corrected chi connectivity index (χ2v) is 13.4. The molecule has 0 aliphatic rings. The number of rotatable bonds is 4. The van der Waals surface area contributed by atoms with Crippen molar-refractivity contribution in [2.45, 2.75) is 0 Å². The van der Waals surface area contributed by atoms with Gasteiger partial charge in [0.1, 0.15) is 0 Å². The zero-order valence-corrected chi connectivity index (χ0v) is 28.1. The van der Waals surface area contributed by atoms with Crippen LogP contribution in [0.15, 0.2) is 182 Å². The molecule has 0 amide bonds. The molecule has 0 fully saturated rings. The van der Waals surface area contributed by atoms with Crippen LogP contribution in [0, 0.1) is 0 Å². The highest BCUT2D eigenvalue weighted by atomic mass is 15.2. The van der Waals surface area contributed by atoms with Crippen LogP contribution in [0.4, 0.5) is 0 Å². The first kappa shape index (κ1) is 28.8. The van der Waals surface area contributed by atoms with Gasteiger partial charge in [0.05, 0.1) is 33.3 Å². The molecule has 11 rings (SSSR count). The van der Waals surface area contributed by atoms with E-state index in [1.807, 2.05) is 6.07 Å². The molecule has 0 atom stereocenters. The van der Waals surface area contributed by atoms with Crippen LogP contribution in [0.1, 0.15) is 0 Å². The van der Waals surface area contributed by atoms with E-state index in [-0.39, 0.29) is 0 Å². The minimum absolute atomic E-state index is 0.660. The lowest BCUT2D eigenvalue weighted by Crippen LogP contribution is -2.03. The van der Waals surface area contributed by atoms with E-state index in [1.165, 1.54) is 49.0 Å². The maximum absolute atomic E-state index is 5.37. The Balaban J connectivity index is 1.26. The van der Waals surface area contributed by atoms with Crippen molar-refractivity contribution >= 4 is 65.3 Å². The lowest BCUT2D eigenvalue weighted by atomic mass is 10.0. The molecule has 52 heavy (non-hydrogen) atoms. The predicted octanol–water partition coefficient (Wildman–Crippen LogP) is 12.3. The average molecular weight is 663 g/mol. The van der Waals surface area contributed by atoms with Crippen LogP contribution in [0.25, 0.3) is 99.3 Å². The quantitative estimate of drug-likeness (QED) is 0.188. The summed E-state index contributed by atoms with van der Waals surface area (Å²) >= 11 is 0. The van der Waals surface area contributed by atoms with E-state index in [0.29, 0.717) is 5.95 Å². The van der Waals surface area contributed by atoms with Gasteiger partial charge in [-0.25, -0.2) is 9.97 Å². The first-order valence-corrected chi connectivity index (χ1v) is 17.7. The third-order valence-electron chi connectivity index (χ3n) is 10.5. The van der Waals surface area contributed by atoms with Gasteiger partial charge in [-0.1, -0.05) is 140 Å². The topological polar surface area (TPSA) is 35.6 Å². The third kappa shape index (κ3) is 4.21. The molecule has 0 N–H and O–H groups in total. The first-order chi connectivity index (χ1) is 25.8. The van der Waals surface area contributed by atoms with Crippen molar-refractivity contribution in [3.63, 3.8) is 0 Å².